The zero-order chi connectivity index (χ0) is 27.7. The maximum Gasteiger partial charge on any atom is 0.454 e. The molecule has 14 heteroatoms. The predicted molar refractivity (Wildman–Crippen MR) is 121 cm³/mol. The molecule has 0 aliphatic heterocycles. The van der Waals surface area contributed by atoms with Crippen molar-refractivity contribution in [3.8, 4) is 11.5 Å². The molecule has 0 aliphatic rings. The van der Waals surface area contributed by atoms with Gasteiger partial charge in [-0.3, -0.25) is 9.08 Å². The first-order valence-corrected chi connectivity index (χ1v) is 12.4. The Hall–Kier alpha value is -3.29. The molecule has 0 N–H and O–H groups in total. The fraction of sp³-hybridized carbons (Fsp3) is 0.391. The molecule has 2 aromatic rings. The van der Waals surface area contributed by atoms with E-state index in [2.05, 4.69) is 9.44 Å². The van der Waals surface area contributed by atoms with Crippen LogP contribution in [0.1, 0.15) is 42.1 Å². The van der Waals surface area contributed by atoms with Crippen molar-refractivity contribution in [3.05, 3.63) is 59.7 Å². The molecule has 0 bridgehead atoms. The number of unbranched alkanes of at least 4 members (excludes halogenated alkanes) is 1. The van der Waals surface area contributed by atoms with Crippen LogP contribution in [0.2, 0.25) is 0 Å². The smallest absolute Gasteiger partial charge is 0.454 e. The second-order valence-electron chi connectivity index (χ2n) is 7.55. The van der Waals surface area contributed by atoms with Crippen LogP contribution < -0.4 is 9.47 Å². The number of hydrogen-bond acceptors (Lipinski definition) is 7. The lowest BCUT2D eigenvalue weighted by molar-refractivity contribution is -0.0885. The molecule has 2 rings (SSSR count). The lowest BCUT2D eigenvalue weighted by Gasteiger charge is -2.12. The van der Waals surface area contributed by atoms with Crippen LogP contribution in [0.15, 0.2) is 53.7 Å². The number of ether oxygens (including phenoxy) is 2. The molecule has 0 amide bonds. The number of nitrogens with zero attached hydrogens (tertiary/aromatic N) is 1. The monoisotopic (exact) mass is 555 g/mol. The molecule has 37 heavy (non-hydrogen) atoms. The Labute approximate surface area is 209 Å². The summed E-state index contributed by atoms with van der Waals surface area (Å²) < 4.78 is 116. The van der Waals surface area contributed by atoms with Gasteiger partial charge in [0.15, 0.2) is 5.71 Å². The molecule has 7 nitrogen and oxygen atoms in total. The van der Waals surface area contributed by atoms with Gasteiger partial charge in [-0.25, -0.2) is 0 Å². The van der Waals surface area contributed by atoms with E-state index in [4.69, 9.17) is 9.47 Å². The first-order chi connectivity index (χ1) is 17.2. The van der Waals surface area contributed by atoms with Crippen LogP contribution in [-0.2, 0) is 14.4 Å². The quantitative estimate of drug-likeness (QED) is 0.104. The maximum atomic E-state index is 13.4. The van der Waals surface area contributed by atoms with Crippen molar-refractivity contribution in [1.29, 1.82) is 0 Å². The van der Waals surface area contributed by atoms with Crippen molar-refractivity contribution >= 4 is 21.6 Å². The first-order valence-electron chi connectivity index (χ1n) is 10.9. The van der Waals surface area contributed by atoms with Crippen LogP contribution in [0.5, 0.6) is 11.5 Å². The molecule has 0 saturated carbocycles. The van der Waals surface area contributed by atoms with E-state index >= 15 is 0 Å². The minimum atomic E-state index is -4.97. The number of carbonyl (C=O) groups is 1. The molecule has 0 heterocycles. The Bertz CT molecular complexity index is 1160. The molecule has 0 aromatic heterocycles. The van der Waals surface area contributed by atoms with Crippen LogP contribution in [0.3, 0.4) is 0 Å². The number of halogens is 6. The van der Waals surface area contributed by atoms with Crippen LogP contribution in [-0.4, -0.2) is 51.2 Å². The average molecular weight is 555 g/mol. The van der Waals surface area contributed by atoms with Crippen molar-refractivity contribution in [2.24, 2.45) is 5.16 Å². The second-order valence-corrected chi connectivity index (χ2v) is 9.23. The zero-order valence-electron chi connectivity index (χ0n) is 19.4. The van der Waals surface area contributed by atoms with Gasteiger partial charge in [0, 0.05) is 17.5 Å². The number of rotatable bonds is 13. The number of Topliss-reactive ketones (excluding diaryl/α,β-unsaturated/α-hetero) is 1. The Morgan fingerprint density at radius 2 is 1.27 bits per heavy atom. The van der Waals surface area contributed by atoms with Crippen LogP contribution >= 0.6 is 0 Å². The van der Waals surface area contributed by atoms with E-state index in [1.807, 2.05) is 0 Å². The Morgan fingerprint density at radius 3 is 1.70 bits per heavy atom. The van der Waals surface area contributed by atoms with Crippen molar-refractivity contribution in [2.75, 3.05) is 19.0 Å². The molecule has 0 saturated heterocycles. The molecule has 0 spiro atoms. The third-order valence-electron chi connectivity index (χ3n) is 4.59. The van der Waals surface area contributed by atoms with E-state index in [1.165, 1.54) is 24.3 Å². The Kier molecular flexibility index (Phi) is 10.3. The number of alkyl halides is 6. The van der Waals surface area contributed by atoms with Gasteiger partial charge in [-0.1, -0.05) is 18.5 Å². The van der Waals surface area contributed by atoms with Gasteiger partial charge in [0.1, 0.15) is 11.5 Å². The molecule has 204 valence electrons. The van der Waals surface area contributed by atoms with Gasteiger partial charge in [-0.05, 0) is 55.0 Å². The van der Waals surface area contributed by atoms with Crippen molar-refractivity contribution in [2.45, 2.75) is 38.5 Å². The predicted octanol–water partition coefficient (Wildman–Crippen LogP) is 5.69. The van der Waals surface area contributed by atoms with Gasteiger partial charge in [0.25, 0.3) is 5.78 Å². The molecular formula is C23H23F6NO6S. The van der Waals surface area contributed by atoms with Crippen LogP contribution in [0.25, 0.3) is 0 Å². The van der Waals surface area contributed by atoms with Crippen LogP contribution in [0.4, 0.5) is 26.3 Å². The number of hydrogen-bond donors (Lipinski definition) is 0. The van der Waals surface area contributed by atoms with Crippen molar-refractivity contribution < 1.29 is 53.3 Å². The van der Waals surface area contributed by atoms with E-state index < -0.39 is 50.8 Å². The lowest BCUT2D eigenvalue weighted by Crippen LogP contribution is -2.25. The summed E-state index contributed by atoms with van der Waals surface area (Å²) in [6, 6.07) is 8.99. The number of ketones is 1. The molecule has 0 radical (unpaired) electrons. The SMILES string of the molecule is CCCCS(=O)(=O)O/N=C(\c1ccc(OCCCOc2ccc(C(=O)C(F)(F)F)cc2)cc1)C(F)(F)F. The van der Waals surface area contributed by atoms with Crippen molar-refractivity contribution in [1.82, 2.24) is 0 Å². The van der Waals surface area contributed by atoms with Gasteiger partial charge in [-0.2, -0.15) is 34.8 Å². The zero-order valence-corrected chi connectivity index (χ0v) is 20.3. The summed E-state index contributed by atoms with van der Waals surface area (Å²) in [6.45, 7) is 1.92. The van der Waals surface area contributed by atoms with E-state index in [9.17, 15) is 39.6 Å². The summed E-state index contributed by atoms with van der Waals surface area (Å²) in [4.78, 5) is 11.2. The van der Waals surface area contributed by atoms with E-state index in [0.29, 0.717) is 12.8 Å². The Morgan fingerprint density at radius 1 is 0.784 bits per heavy atom. The minimum Gasteiger partial charge on any atom is -0.493 e. The highest BCUT2D eigenvalue weighted by molar-refractivity contribution is 7.86. The summed E-state index contributed by atoms with van der Waals surface area (Å²) in [5, 5.41) is 2.83. The maximum absolute atomic E-state index is 13.4. The molecule has 0 aliphatic carbocycles. The van der Waals surface area contributed by atoms with Crippen molar-refractivity contribution in [3.63, 3.8) is 0 Å². The topological polar surface area (TPSA) is 91.3 Å². The molecule has 0 atom stereocenters. The largest absolute Gasteiger partial charge is 0.493 e. The van der Waals surface area contributed by atoms with Gasteiger partial charge in [-0.15, -0.1) is 0 Å². The highest BCUT2D eigenvalue weighted by atomic mass is 32.2. The summed E-state index contributed by atoms with van der Waals surface area (Å²) in [5.41, 5.74) is -2.47. The fourth-order valence-corrected chi connectivity index (χ4v) is 3.64. The van der Waals surface area contributed by atoms with Gasteiger partial charge >= 0.3 is 22.5 Å². The first kappa shape index (κ1) is 29.9. The third kappa shape index (κ3) is 9.94. The van der Waals surface area contributed by atoms with Gasteiger partial charge < -0.3 is 9.47 Å². The fourth-order valence-electron chi connectivity index (χ4n) is 2.73. The average Bonchev–Trinajstić information content (AvgIpc) is 2.82. The number of benzene rings is 2. The van der Waals surface area contributed by atoms with E-state index in [0.717, 1.165) is 24.3 Å². The minimum absolute atomic E-state index is 0.100. The molecule has 2 aromatic carbocycles. The molecule has 0 fully saturated rings. The standard InChI is InChI=1S/C23H23F6NO6S/c1-2-3-15-37(32,33)36-30-20(22(24,25)26)16-5-9-18(10-6-16)34-13-4-14-35-19-11-7-17(8-12-19)21(31)23(27,28)29/h5-12H,2-4,13-15H2,1H3/b30-20+. The summed E-state index contributed by atoms with van der Waals surface area (Å²) in [7, 11) is -4.25. The molecular weight excluding hydrogens is 532 g/mol. The van der Waals surface area contributed by atoms with Gasteiger partial charge in [0.2, 0.25) is 0 Å². The lowest BCUT2D eigenvalue weighted by atomic mass is 10.1. The van der Waals surface area contributed by atoms with E-state index in [1.54, 1.807) is 6.92 Å². The Balaban J connectivity index is 1.88. The highest BCUT2D eigenvalue weighted by Crippen LogP contribution is 2.25. The number of carbonyl (C=O) groups excluding carboxylic acids is 1. The third-order valence-corrected chi connectivity index (χ3v) is 5.68. The highest BCUT2D eigenvalue weighted by Gasteiger charge is 2.39. The van der Waals surface area contributed by atoms with Crippen LogP contribution in [0, 0.1) is 0 Å². The summed E-state index contributed by atoms with van der Waals surface area (Å²) in [5.74, 6) is -1.97. The number of oxime groups is 1. The normalized spacial score (nSPS) is 12.8. The molecule has 0 unspecified atom stereocenters. The van der Waals surface area contributed by atoms with E-state index in [-0.39, 0.29) is 31.1 Å². The summed E-state index contributed by atoms with van der Waals surface area (Å²) >= 11 is 0. The summed E-state index contributed by atoms with van der Waals surface area (Å²) in [6.07, 6.45) is -8.90. The van der Waals surface area contributed by atoms with Gasteiger partial charge in [0.05, 0.1) is 19.0 Å². The second kappa shape index (κ2) is 12.8.